The van der Waals surface area contributed by atoms with Crippen molar-refractivity contribution in [3.63, 3.8) is 0 Å². The van der Waals surface area contributed by atoms with E-state index in [1.165, 1.54) is 11.3 Å². The molecule has 0 radical (unpaired) electrons. The van der Waals surface area contributed by atoms with Crippen LogP contribution in [0.5, 0.6) is 0 Å². The minimum Gasteiger partial charge on any atom is -0.344 e. The fourth-order valence-corrected chi connectivity index (χ4v) is 2.37. The summed E-state index contributed by atoms with van der Waals surface area (Å²) in [6, 6.07) is 12.1. The van der Waals surface area contributed by atoms with E-state index in [0.29, 0.717) is 14.8 Å². The monoisotopic (exact) mass is 279 g/mol. The number of hydrogen-bond acceptors (Lipinski definition) is 3. The summed E-state index contributed by atoms with van der Waals surface area (Å²) in [6.45, 7) is -0.0155. The average Bonchev–Trinajstić information content (AvgIpc) is 2.83. The van der Waals surface area contributed by atoms with Gasteiger partial charge in [0.2, 0.25) is 0 Å². The summed E-state index contributed by atoms with van der Waals surface area (Å²) in [5, 5.41) is 2.57. The van der Waals surface area contributed by atoms with Crippen molar-refractivity contribution in [1.29, 1.82) is 0 Å². The summed E-state index contributed by atoms with van der Waals surface area (Å²) < 4.78 is 0.550. The van der Waals surface area contributed by atoms with Gasteiger partial charge in [-0.1, -0.05) is 41.9 Å². The molecular weight excluding hydrogens is 270 g/mol. The first kappa shape index (κ1) is 12.8. The molecule has 1 amide bonds. The van der Waals surface area contributed by atoms with E-state index in [2.05, 4.69) is 5.32 Å². The Morgan fingerprint density at radius 2 is 1.83 bits per heavy atom. The quantitative estimate of drug-likeness (QED) is 0.875. The van der Waals surface area contributed by atoms with Crippen LogP contribution in [-0.2, 0) is 0 Å². The van der Waals surface area contributed by atoms with Crippen LogP contribution < -0.4 is 5.32 Å². The summed E-state index contributed by atoms with van der Waals surface area (Å²) in [5.41, 5.74) is 0.585. The van der Waals surface area contributed by atoms with Gasteiger partial charge in [-0.3, -0.25) is 9.59 Å². The highest BCUT2D eigenvalue weighted by Gasteiger charge is 2.11. The molecule has 1 N–H and O–H groups in total. The molecule has 0 saturated carbocycles. The summed E-state index contributed by atoms with van der Waals surface area (Å²) >= 11 is 6.92. The second-order valence-electron chi connectivity index (χ2n) is 3.58. The number of halogens is 1. The summed E-state index contributed by atoms with van der Waals surface area (Å²) in [5.74, 6) is -0.400. The maximum absolute atomic E-state index is 11.7. The van der Waals surface area contributed by atoms with Gasteiger partial charge in [0.05, 0.1) is 15.8 Å². The molecule has 2 rings (SSSR count). The molecule has 0 bridgehead atoms. The molecular formula is C13H10ClNO2S. The minimum absolute atomic E-state index is 0.0155. The molecule has 0 atom stereocenters. The number of Topliss-reactive ketones (excluding diaryl/α,β-unsaturated/α-hetero) is 1. The SMILES string of the molecule is O=C(CNC(=O)c1ccc(Cl)s1)c1ccccc1. The van der Waals surface area contributed by atoms with E-state index in [4.69, 9.17) is 11.6 Å². The van der Waals surface area contributed by atoms with E-state index in [-0.39, 0.29) is 18.2 Å². The molecule has 0 aliphatic heterocycles. The van der Waals surface area contributed by atoms with Gasteiger partial charge in [0, 0.05) is 5.56 Å². The number of amides is 1. The third kappa shape index (κ3) is 3.18. The van der Waals surface area contributed by atoms with Crippen molar-refractivity contribution >= 4 is 34.6 Å². The number of hydrogen-bond donors (Lipinski definition) is 1. The standard InChI is InChI=1S/C13H10ClNO2S/c14-12-7-6-11(18-12)13(17)15-8-10(16)9-4-2-1-3-5-9/h1-7H,8H2,(H,15,17). The lowest BCUT2D eigenvalue weighted by atomic mass is 10.1. The van der Waals surface area contributed by atoms with Crippen LogP contribution in [0.4, 0.5) is 0 Å². The normalized spacial score (nSPS) is 10.1. The number of thiophene rings is 1. The van der Waals surface area contributed by atoms with E-state index in [9.17, 15) is 9.59 Å². The Morgan fingerprint density at radius 3 is 2.44 bits per heavy atom. The van der Waals surface area contributed by atoms with Crippen LogP contribution in [0.15, 0.2) is 42.5 Å². The number of carbonyl (C=O) groups is 2. The molecule has 92 valence electrons. The van der Waals surface area contributed by atoms with Gasteiger partial charge in [-0.15, -0.1) is 11.3 Å². The van der Waals surface area contributed by atoms with Gasteiger partial charge in [-0.05, 0) is 12.1 Å². The number of benzene rings is 1. The van der Waals surface area contributed by atoms with E-state index in [1.54, 1.807) is 36.4 Å². The summed E-state index contributed by atoms with van der Waals surface area (Å²) in [4.78, 5) is 23.9. The molecule has 0 saturated heterocycles. The number of nitrogens with one attached hydrogen (secondary N) is 1. The van der Waals surface area contributed by atoms with Gasteiger partial charge in [-0.2, -0.15) is 0 Å². The Balaban J connectivity index is 1.92. The van der Waals surface area contributed by atoms with Gasteiger partial charge >= 0.3 is 0 Å². The van der Waals surface area contributed by atoms with Crippen molar-refractivity contribution in [3.05, 3.63) is 57.2 Å². The summed E-state index contributed by atoms with van der Waals surface area (Å²) in [6.07, 6.45) is 0. The number of ketones is 1. The first-order chi connectivity index (χ1) is 8.66. The second kappa shape index (κ2) is 5.80. The molecule has 0 fully saturated rings. The molecule has 0 spiro atoms. The van der Waals surface area contributed by atoms with Crippen LogP contribution in [0.2, 0.25) is 4.34 Å². The second-order valence-corrected chi connectivity index (χ2v) is 5.29. The van der Waals surface area contributed by atoms with Crippen molar-refractivity contribution in [1.82, 2.24) is 5.32 Å². The Kier molecular flexibility index (Phi) is 4.12. The maximum atomic E-state index is 11.7. The molecule has 1 heterocycles. The molecule has 0 unspecified atom stereocenters. The van der Waals surface area contributed by atoms with Crippen molar-refractivity contribution in [2.75, 3.05) is 6.54 Å². The van der Waals surface area contributed by atoms with Gasteiger partial charge < -0.3 is 5.32 Å². The van der Waals surface area contributed by atoms with Crippen LogP contribution in [-0.4, -0.2) is 18.2 Å². The summed E-state index contributed by atoms with van der Waals surface area (Å²) in [7, 11) is 0. The number of rotatable bonds is 4. The van der Waals surface area contributed by atoms with Crippen LogP contribution >= 0.6 is 22.9 Å². The Hall–Kier alpha value is -1.65. The van der Waals surface area contributed by atoms with E-state index in [0.717, 1.165) is 0 Å². The van der Waals surface area contributed by atoms with Crippen LogP contribution in [0.3, 0.4) is 0 Å². The Labute approximate surface area is 113 Å². The van der Waals surface area contributed by atoms with Crippen molar-refractivity contribution in [2.45, 2.75) is 0 Å². The lowest BCUT2D eigenvalue weighted by molar-refractivity contribution is 0.0906. The molecule has 3 nitrogen and oxygen atoms in total. The third-order valence-corrected chi connectivity index (χ3v) is 3.53. The van der Waals surface area contributed by atoms with Crippen molar-refractivity contribution in [2.24, 2.45) is 0 Å². The van der Waals surface area contributed by atoms with E-state index >= 15 is 0 Å². The average molecular weight is 280 g/mol. The van der Waals surface area contributed by atoms with Crippen molar-refractivity contribution < 1.29 is 9.59 Å². The molecule has 1 aromatic carbocycles. The van der Waals surface area contributed by atoms with Gasteiger partial charge in [0.1, 0.15) is 0 Å². The minimum atomic E-state index is -0.281. The molecule has 0 aliphatic carbocycles. The van der Waals surface area contributed by atoms with E-state index < -0.39 is 0 Å². The zero-order chi connectivity index (χ0) is 13.0. The fourth-order valence-electron chi connectivity index (χ4n) is 1.41. The topological polar surface area (TPSA) is 46.2 Å². The van der Waals surface area contributed by atoms with Crippen LogP contribution in [0, 0.1) is 0 Å². The highest BCUT2D eigenvalue weighted by Crippen LogP contribution is 2.20. The number of carbonyl (C=O) groups excluding carboxylic acids is 2. The Morgan fingerprint density at radius 1 is 1.11 bits per heavy atom. The third-order valence-electron chi connectivity index (χ3n) is 2.30. The van der Waals surface area contributed by atoms with Gasteiger partial charge in [-0.25, -0.2) is 0 Å². The molecule has 2 aromatic rings. The first-order valence-corrected chi connectivity index (χ1v) is 6.48. The molecule has 1 aromatic heterocycles. The molecule has 18 heavy (non-hydrogen) atoms. The smallest absolute Gasteiger partial charge is 0.261 e. The zero-order valence-corrected chi connectivity index (χ0v) is 10.9. The fraction of sp³-hybridized carbons (Fsp3) is 0.0769. The van der Waals surface area contributed by atoms with Crippen LogP contribution in [0.25, 0.3) is 0 Å². The lowest BCUT2D eigenvalue weighted by Gasteiger charge is -2.02. The maximum Gasteiger partial charge on any atom is 0.261 e. The zero-order valence-electron chi connectivity index (χ0n) is 9.35. The predicted molar refractivity (Wildman–Crippen MR) is 72.4 cm³/mol. The highest BCUT2D eigenvalue weighted by molar-refractivity contribution is 7.18. The van der Waals surface area contributed by atoms with E-state index in [1.807, 2.05) is 6.07 Å². The predicted octanol–water partition coefficient (Wildman–Crippen LogP) is 3.01. The van der Waals surface area contributed by atoms with Crippen molar-refractivity contribution in [3.8, 4) is 0 Å². The molecule has 0 aliphatic rings. The van der Waals surface area contributed by atoms with Crippen LogP contribution in [0.1, 0.15) is 20.0 Å². The molecule has 5 heteroatoms. The van der Waals surface area contributed by atoms with Gasteiger partial charge in [0.15, 0.2) is 5.78 Å². The lowest BCUT2D eigenvalue weighted by Crippen LogP contribution is -2.28. The Bertz CT molecular complexity index is 565. The van der Waals surface area contributed by atoms with Gasteiger partial charge in [0.25, 0.3) is 5.91 Å². The highest BCUT2D eigenvalue weighted by atomic mass is 35.5. The first-order valence-electron chi connectivity index (χ1n) is 5.28. The largest absolute Gasteiger partial charge is 0.344 e.